The number of morpholine rings is 1. The van der Waals surface area contributed by atoms with Gasteiger partial charge in [0.2, 0.25) is 5.91 Å². The van der Waals surface area contributed by atoms with Gasteiger partial charge in [-0.25, -0.2) is 9.97 Å². The molecule has 0 bridgehead atoms. The maximum atomic E-state index is 13.7. The molecule has 3 atom stereocenters. The number of fused-ring (bicyclic) bond motifs is 1. The van der Waals surface area contributed by atoms with Gasteiger partial charge < -0.3 is 15.0 Å². The number of ether oxygens (including phenoxy) is 1. The molecule has 2 aliphatic heterocycles. The predicted octanol–water partition coefficient (Wildman–Crippen LogP) is 2.32. The number of piperidine rings is 1. The van der Waals surface area contributed by atoms with Gasteiger partial charge in [0.15, 0.2) is 0 Å². The van der Waals surface area contributed by atoms with Crippen LogP contribution in [0.5, 0.6) is 0 Å². The lowest BCUT2D eigenvalue weighted by Crippen LogP contribution is -2.61. The highest BCUT2D eigenvalue weighted by molar-refractivity contribution is 5.85. The average Bonchev–Trinajstić information content (AvgIpc) is 3.63. The van der Waals surface area contributed by atoms with Crippen molar-refractivity contribution in [3.63, 3.8) is 0 Å². The Morgan fingerprint density at radius 1 is 1.23 bits per heavy atom. The van der Waals surface area contributed by atoms with Crippen LogP contribution in [0.15, 0.2) is 6.20 Å². The van der Waals surface area contributed by atoms with Crippen molar-refractivity contribution in [2.45, 2.75) is 70.9 Å². The fourth-order valence-corrected chi connectivity index (χ4v) is 6.02. The van der Waals surface area contributed by atoms with Crippen LogP contribution < -0.4 is 10.2 Å². The lowest BCUT2D eigenvalue weighted by atomic mass is 9.60. The molecule has 5 rings (SSSR count). The van der Waals surface area contributed by atoms with Gasteiger partial charge in [-0.15, -0.1) is 0 Å². The Morgan fingerprint density at radius 2 is 2.03 bits per heavy atom. The molecular formula is C24H37N5O2. The lowest BCUT2D eigenvalue weighted by molar-refractivity contribution is -0.139. The third-order valence-electron chi connectivity index (χ3n) is 8.05. The molecule has 0 aromatic carbocycles. The van der Waals surface area contributed by atoms with Crippen molar-refractivity contribution in [3.05, 3.63) is 17.6 Å². The molecule has 1 N–H and O–H groups in total. The standard InChI is InChI=1S/C24H37N5O2/c1-3-18-15-25-17(2)26-22(18)29-9-7-19-14-21(28-10-12-31-13-11-28)6-8-24(19,16-29)23(30)27-20-4-5-20/h15,19-21H,3-14,16H2,1-2H3,(H,27,30)/t19-,21+,24-/m1/s1. The van der Waals surface area contributed by atoms with E-state index in [2.05, 4.69) is 27.0 Å². The van der Waals surface area contributed by atoms with Crippen molar-refractivity contribution in [2.75, 3.05) is 44.3 Å². The number of aryl methyl sites for hydroxylation is 2. The van der Waals surface area contributed by atoms with Crippen molar-refractivity contribution in [1.29, 1.82) is 0 Å². The fraction of sp³-hybridized carbons (Fsp3) is 0.792. The van der Waals surface area contributed by atoms with E-state index in [9.17, 15) is 4.79 Å². The Balaban J connectivity index is 1.40. The van der Waals surface area contributed by atoms with Gasteiger partial charge in [-0.2, -0.15) is 0 Å². The number of hydrogen-bond acceptors (Lipinski definition) is 6. The summed E-state index contributed by atoms with van der Waals surface area (Å²) in [4.78, 5) is 27.9. The van der Waals surface area contributed by atoms with Gasteiger partial charge in [-0.3, -0.25) is 9.69 Å². The van der Waals surface area contributed by atoms with Crippen molar-refractivity contribution < 1.29 is 9.53 Å². The van der Waals surface area contributed by atoms with Crippen LogP contribution in [0.25, 0.3) is 0 Å². The molecule has 31 heavy (non-hydrogen) atoms. The second-order valence-electron chi connectivity index (χ2n) is 10.0. The summed E-state index contributed by atoms with van der Waals surface area (Å²) in [6, 6.07) is 0.997. The summed E-state index contributed by atoms with van der Waals surface area (Å²) in [5.74, 6) is 2.59. The third-order valence-corrected chi connectivity index (χ3v) is 8.05. The molecule has 7 nitrogen and oxygen atoms in total. The van der Waals surface area contributed by atoms with Crippen LogP contribution in [0.3, 0.4) is 0 Å². The average molecular weight is 428 g/mol. The minimum Gasteiger partial charge on any atom is -0.379 e. The van der Waals surface area contributed by atoms with Crippen LogP contribution in [0, 0.1) is 18.3 Å². The van der Waals surface area contributed by atoms with E-state index >= 15 is 0 Å². The van der Waals surface area contributed by atoms with Crippen LogP contribution in [0.4, 0.5) is 5.82 Å². The van der Waals surface area contributed by atoms with Crippen LogP contribution in [0.1, 0.15) is 56.8 Å². The number of anilines is 1. The fourth-order valence-electron chi connectivity index (χ4n) is 6.02. The molecule has 4 fully saturated rings. The zero-order valence-corrected chi connectivity index (χ0v) is 19.1. The Hall–Kier alpha value is -1.73. The Kier molecular flexibility index (Phi) is 5.90. The summed E-state index contributed by atoms with van der Waals surface area (Å²) in [5, 5.41) is 3.39. The molecule has 1 amide bonds. The van der Waals surface area contributed by atoms with Gasteiger partial charge in [0.05, 0.1) is 18.6 Å². The molecule has 1 aromatic rings. The largest absolute Gasteiger partial charge is 0.379 e. The molecule has 1 aromatic heterocycles. The molecule has 0 spiro atoms. The monoisotopic (exact) mass is 427 g/mol. The van der Waals surface area contributed by atoms with Gasteiger partial charge in [-0.1, -0.05) is 6.92 Å². The van der Waals surface area contributed by atoms with E-state index in [1.807, 2.05) is 13.1 Å². The first-order valence-electron chi connectivity index (χ1n) is 12.3. The van der Waals surface area contributed by atoms with Crippen molar-refractivity contribution >= 4 is 11.7 Å². The van der Waals surface area contributed by atoms with Gasteiger partial charge in [0, 0.05) is 50.0 Å². The summed E-state index contributed by atoms with van der Waals surface area (Å²) >= 11 is 0. The number of amides is 1. The van der Waals surface area contributed by atoms with E-state index in [4.69, 9.17) is 9.72 Å². The maximum absolute atomic E-state index is 13.7. The molecule has 0 radical (unpaired) electrons. The van der Waals surface area contributed by atoms with E-state index in [1.165, 1.54) is 5.56 Å². The minimum absolute atomic E-state index is 0.298. The normalized spacial score (nSPS) is 31.9. The van der Waals surface area contributed by atoms with E-state index in [0.717, 1.165) is 96.0 Å². The first kappa shape index (κ1) is 21.1. The second-order valence-corrected chi connectivity index (χ2v) is 10.0. The quantitative estimate of drug-likeness (QED) is 0.778. The molecule has 170 valence electrons. The lowest BCUT2D eigenvalue weighted by Gasteiger charge is -2.53. The second kappa shape index (κ2) is 8.66. The van der Waals surface area contributed by atoms with Gasteiger partial charge in [-0.05, 0) is 57.8 Å². The molecule has 2 aliphatic carbocycles. The van der Waals surface area contributed by atoms with Crippen molar-refractivity contribution in [1.82, 2.24) is 20.2 Å². The summed E-state index contributed by atoms with van der Waals surface area (Å²) in [6.45, 7) is 9.63. The first-order chi connectivity index (χ1) is 15.1. The van der Waals surface area contributed by atoms with E-state index in [1.54, 1.807) is 0 Å². The van der Waals surface area contributed by atoms with Crippen LogP contribution >= 0.6 is 0 Å². The van der Waals surface area contributed by atoms with E-state index in [0.29, 0.717) is 23.9 Å². The number of nitrogens with zero attached hydrogens (tertiary/aromatic N) is 4. The van der Waals surface area contributed by atoms with Crippen LogP contribution in [-0.4, -0.2) is 72.3 Å². The summed E-state index contributed by atoms with van der Waals surface area (Å²) in [7, 11) is 0. The first-order valence-corrected chi connectivity index (χ1v) is 12.3. The number of carbonyl (C=O) groups is 1. The number of nitrogens with one attached hydrogen (secondary N) is 1. The number of carbonyl (C=O) groups excluding carboxylic acids is 1. The zero-order valence-electron chi connectivity index (χ0n) is 19.1. The SMILES string of the molecule is CCc1cnc(C)nc1N1CC[C@@H]2C[C@@H](N3CCOCC3)CC[C@@]2(C(=O)NC2CC2)C1. The molecule has 2 saturated heterocycles. The molecule has 2 saturated carbocycles. The Morgan fingerprint density at radius 3 is 2.77 bits per heavy atom. The van der Waals surface area contributed by atoms with Gasteiger partial charge in [0.1, 0.15) is 11.6 Å². The van der Waals surface area contributed by atoms with Crippen LogP contribution in [0.2, 0.25) is 0 Å². The summed E-state index contributed by atoms with van der Waals surface area (Å²) in [5.41, 5.74) is 0.886. The number of hydrogen-bond donors (Lipinski definition) is 1. The highest BCUT2D eigenvalue weighted by Crippen LogP contribution is 2.49. The molecule has 3 heterocycles. The van der Waals surface area contributed by atoms with Crippen molar-refractivity contribution in [3.8, 4) is 0 Å². The predicted molar refractivity (Wildman–Crippen MR) is 120 cm³/mol. The molecule has 4 aliphatic rings. The van der Waals surface area contributed by atoms with Crippen molar-refractivity contribution in [2.24, 2.45) is 11.3 Å². The topological polar surface area (TPSA) is 70.6 Å². The van der Waals surface area contributed by atoms with E-state index in [-0.39, 0.29) is 5.41 Å². The van der Waals surface area contributed by atoms with E-state index < -0.39 is 0 Å². The Bertz CT molecular complexity index is 807. The highest BCUT2D eigenvalue weighted by Gasteiger charge is 2.53. The highest BCUT2D eigenvalue weighted by atomic mass is 16.5. The maximum Gasteiger partial charge on any atom is 0.228 e. The minimum atomic E-state index is -0.298. The smallest absolute Gasteiger partial charge is 0.228 e. The van der Waals surface area contributed by atoms with Crippen LogP contribution in [-0.2, 0) is 16.0 Å². The molecule has 0 unspecified atom stereocenters. The number of rotatable bonds is 5. The third kappa shape index (κ3) is 4.19. The van der Waals surface area contributed by atoms with Gasteiger partial charge in [0.25, 0.3) is 0 Å². The van der Waals surface area contributed by atoms with Gasteiger partial charge >= 0.3 is 0 Å². The molecule has 7 heteroatoms. The summed E-state index contributed by atoms with van der Waals surface area (Å²) in [6.07, 6.45) is 9.42. The summed E-state index contributed by atoms with van der Waals surface area (Å²) < 4.78 is 5.58. The zero-order chi connectivity index (χ0) is 21.4. The Labute approximate surface area is 185 Å². The molecular weight excluding hydrogens is 390 g/mol. The number of aromatic nitrogens is 2.